The fraction of sp³-hybridized carbons (Fsp3) is 0.733. The zero-order valence-electron chi connectivity index (χ0n) is 12.6. The lowest BCUT2D eigenvalue weighted by atomic mass is 9.91. The molecule has 0 amide bonds. The lowest BCUT2D eigenvalue weighted by Crippen LogP contribution is -2.34. The van der Waals surface area contributed by atoms with E-state index in [-0.39, 0.29) is 5.41 Å². The highest BCUT2D eigenvalue weighted by Crippen LogP contribution is 2.38. The molecule has 19 heavy (non-hydrogen) atoms. The minimum absolute atomic E-state index is 0.0737. The third-order valence-corrected chi connectivity index (χ3v) is 4.93. The average Bonchev–Trinajstić information content (AvgIpc) is 2.90. The number of hydrogen-bond acceptors (Lipinski definition) is 4. The van der Waals surface area contributed by atoms with E-state index in [0.717, 1.165) is 28.4 Å². The van der Waals surface area contributed by atoms with Gasteiger partial charge in [-0.15, -0.1) is 0 Å². The molecule has 4 heteroatoms. The Morgan fingerprint density at radius 2 is 2.11 bits per heavy atom. The molecule has 1 aliphatic rings. The monoisotopic (exact) mass is 280 g/mol. The Morgan fingerprint density at radius 1 is 1.42 bits per heavy atom. The molecule has 1 fully saturated rings. The fourth-order valence-corrected chi connectivity index (χ4v) is 4.13. The van der Waals surface area contributed by atoms with E-state index in [9.17, 15) is 4.79 Å². The number of anilines is 1. The number of rotatable bonds is 3. The van der Waals surface area contributed by atoms with E-state index in [4.69, 9.17) is 4.98 Å². The van der Waals surface area contributed by atoms with Crippen molar-refractivity contribution in [3.05, 3.63) is 10.6 Å². The summed E-state index contributed by atoms with van der Waals surface area (Å²) in [4.78, 5) is 19.3. The highest BCUT2D eigenvalue weighted by atomic mass is 32.1. The third-order valence-electron chi connectivity index (χ3n) is 3.94. The van der Waals surface area contributed by atoms with Crippen molar-refractivity contribution in [1.82, 2.24) is 4.98 Å². The standard InChI is InChI=1S/C15H24N2OS/c1-6-11-8-7-10(2)17(11)14-16-13(15(3,4)5)12(9-18)19-14/h9-11H,6-8H2,1-5H3. The van der Waals surface area contributed by atoms with E-state index in [1.54, 1.807) is 11.3 Å². The summed E-state index contributed by atoms with van der Waals surface area (Å²) >= 11 is 1.55. The molecule has 0 aliphatic carbocycles. The number of aldehydes is 1. The summed E-state index contributed by atoms with van der Waals surface area (Å²) in [5.41, 5.74) is 0.867. The van der Waals surface area contributed by atoms with Gasteiger partial charge in [-0.05, 0) is 26.2 Å². The van der Waals surface area contributed by atoms with Gasteiger partial charge in [0.2, 0.25) is 0 Å². The first-order chi connectivity index (χ1) is 8.88. The first kappa shape index (κ1) is 14.5. The SMILES string of the molecule is CCC1CCC(C)N1c1nc(C(C)(C)C)c(C=O)s1. The molecular formula is C15H24N2OS. The highest BCUT2D eigenvalue weighted by molar-refractivity contribution is 7.17. The van der Waals surface area contributed by atoms with Crippen LogP contribution in [0.3, 0.4) is 0 Å². The number of nitrogens with zero attached hydrogens (tertiary/aromatic N) is 2. The number of aromatic nitrogens is 1. The second-order valence-electron chi connectivity index (χ2n) is 6.47. The summed E-state index contributed by atoms with van der Waals surface area (Å²) in [7, 11) is 0. The summed E-state index contributed by atoms with van der Waals surface area (Å²) in [6.07, 6.45) is 4.56. The molecule has 1 aromatic heterocycles. The summed E-state index contributed by atoms with van der Waals surface area (Å²) < 4.78 is 0. The molecular weight excluding hydrogens is 256 g/mol. The van der Waals surface area contributed by atoms with Crippen molar-refractivity contribution < 1.29 is 4.79 Å². The van der Waals surface area contributed by atoms with Crippen molar-refractivity contribution in [2.24, 2.45) is 0 Å². The highest BCUT2D eigenvalue weighted by Gasteiger charge is 2.33. The predicted octanol–water partition coefficient (Wildman–Crippen LogP) is 4.02. The maximum Gasteiger partial charge on any atom is 0.186 e. The molecule has 0 spiro atoms. The molecule has 0 aromatic carbocycles. The maximum atomic E-state index is 11.3. The Balaban J connectivity index is 2.40. The lowest BCUT2D eigenvalue weighted by Gasteiger charge is -2.27. The number of carbonyl (C=O) groups is 1. The molecule has 0 N–H and O–H groups in total. The van der Waals surface area contributed by atoms with Crippen molar-refractivity contribution >= 4 is 22.8 Å². The molecule has 2 unspecified atom stereocenters. The molecule has 2 rings (SSSR count). The molecule has 0 bridgehead atoms. The summed E-state index contributed by atoms with van der Waals surface area (Å²) in [6, 6.07) is 1.11. The van der Waals surface area contributed by atoms with E-state index in [2.05, 4.69) is 39.5 Å². The summed E-state index contributed by atoms with van der Waals surface area (Å²) in [6.45, 7) is 10.8. The van der Waals surface area contributed by atoms with Gasteiger partial charge in [0, 0.05) is 17.5 Å². The average molecular weight is 280 g/mol. The Bertz CT molecular complexity index is 461. The van der Waals surface area contributed by atoms with Crippen LogP contribution in [0.5, 0.6) is 0 Å². The molecule has 1 aliphatic heterocycles. The van der Waals surface area contributed by atoms with Crippen molar-refractivity contribution in [1.29, 1.82) is 0 Å². The molecule has 0 saturated carbocycles. The number of thiazole rings is 1. The Labute approximate surface area is 120 Å². The van der Waals surface area contributed by atoms with Gasteiger partial charge in [-0.25, -0.2) is 4.98 Å². The van der Waals surface area contributed by atoms with E-state index in [1.165, 1.54) is 12.8 Å². The van der Waals surface area contributed by atoms with Gasteiger partial charge < -0.3 is 4.90 Å². The van der Waals surface area contributed by atoms with Crippen LogP contribution in [0.25, 0.3) is 0 Å². The van der Waals surface area contributed by atoms with Crippen LogP contribution in [-0.4, -0.2) is 23.4 Å². The maximum absolute atomic E-state index is 11.3. The van der Waals surface area contributed by atoms with Crippen molar-refractivity contribution in [3.8, 4) is 0 Å². The van der Waals surface area contributed by atoms with Crippen LogP contribution in [0, 0.1) is 0 Å². The summed E-state index contributed by atoms with van der Waals surface area (Å²) in [5, 5.41) is 1.03. The van der Waals surface area contributed by atoms with Crippen LogP contribution in [0.15, 0.2) is 0 Å². The van der Waals surface area contributed by atoms with E-state index in [0.29, 0.717) is 12.1 Å². The molecule has 2 atom stereocenters. The fourth-order valence-electron chi connectivity index (χ4n) is 2.87. The zero-order valence-corrected chi connectivity index (χ0v) is 13.4. The normalized spacial score (nSPS) is 23.9. The van der Waals surface area contributed by atoms with Gasteiger partial charge in [0.05, 0.1) is 10.6 Å². The smallest absolute Gasteiger partial charge is 0.186 e. The van der Waals surface area contributed by atoms with Crippen LogP contribution in [-0.2, 0) is 5.41 Å². The van der Waals surface area contributed by atoms with Gasteiger partial charge in [0.25, 0.3) is 0 Å². The topological polar surface area (TPSA) is 33.2 Å². The van der Waals surface area contributed by atoms with Crippen molar-refractivity contribution in [3.63, 3.8) is 0 Å². The zero-order chi connectivity index (χ0) is 14.2. The first-order valence-corrected chi connectivity index (χ1v) is 7.95. The summed E-state index contributed by atoms with van der Waals surface area (Å²) in [5.74, 6) is 0. The minimum Gasteiger partial charge on any atom is -0.342 e. The molecule has 3 nitrogen and oxygen atoms in total. The van der Waals surface area contributed by atoms with Crippen molar-refractivity contribution in [2.75, 3.05) is 4.90 Å². The molecule has 106 valence electrons. The van der Waals surface area contributed by atoms with Crippen LogP contribution in [0.4, 0.5) is 5.13 Å². The number of carbonyl (C=O) groups excluding carboxylic acids is 1. The van der Waals surface area contributed by atoms with Crippen LogP contribution in [0.2, 0.25) is 0 Å². The van der Waals surface area contributed by atoms with Gasteiger partial charge in [-0.1, -0.05) is 39.0 Å². The Kier molecular flexibility index (Phi) is 4.00. The molecule has 2 heterocycles. The van der Waals surface area contributed by atoms with Gasteiger partial charge in [0.1, 0.15) is 0 Å². The molecule has 1 aromatic rings. The van der Waals surface area contributed by atoms with Crippen LogP contribution < -0.4 is 4.90 Å². The van der Waals surface area contributed by atoms with E-state index in [1.807, 2.05) is 0 Å². The minimum atomic E-state index is -0.0737. The first-order valence-electron chi connectivity index (χ1n) is 7.13. The predicted molar refractivity (Wildman–Crippen MR) is 81.5 cm³/mol. The van der Waals surface area contributed by atoms with E-state index >= 15 is 0 Å². The largest absolute Gasteiger partial charge is 0.342 e. The molecule has 0 radical (unpaired) electrons. The quantitative estimate of drug-likeness (QED) is 0.784. The van der Waals surface area contributed by atoms with Crippen LogP contribution >= 0.6 is 11.3 Å². The van der Waals surface area contributed by atoms with Gasteiger partial charge in [-0.3, -0.25) is 4.79 Å². The third kappa shape index (κ3) is 2.69. The lowest BCUT2D eigenvalue weighted by molar-refractivity contribution is 0.112. The van der Waals surface area contributed by atoms with Gasteiger partial charge in [-0.2, -0.15) is 0 Å². The van der Waals surface area contributed by atoms with Gasteiger partial charge in [0.15, 0.2) is 11.4 Å². The Hall–Kier alpha value is -0.900. The second-order valence-corrected chi connectivity index (χ2v) is 7.48. The van der Waals surface area contributed by atoms with Gasteiger partial charge >= 0.3 is 0 Å². The van der Waals surface area contributed by atoms with Crippen molar-refractivity contribution in [2.45, 2.75) is 71.4 Å². The van der Waals surface area contributed by atoms with E-state index < -0.39 is 0 Å². The van der Waals surface area contributed by atoms with Crippen LogP contribution in [0.1, 0.15) is 69.2 Å². The molecule has 1 saturated heterocycles. The second kappa shape index (κ2) is 5.23. The Morgan fingerprint density at radius 3 is 2.58 bits per heavy atom. The number of hydrogen-bond donors (Lipinski definition) is 0.